The fourth-order valence-electron chi connectivity index (χ4n) is 7.24. The van der Waals surface area contributed by atoms with Crippen molar-refractivity contribution in [1.82, 2.24) is 20.0 Å². The van der Waals surface area contributed by atoms with Crippen molar-refractivity contribution in [2.24, 2.45) is 17.8 Å². The van der Waals surface area contributed by atoms with Gasteiger partial charge in [0.15, 0.2) is 5.82 Å². The maximum Gasteiger partial charge on any atom is 0.262 e. The minimum atomic E-state index is -3.81. The van der Waals surface area contributed by atoms with Gasteiger partial charge in [0.1, 0.15) is 6.04 Å². The van der Waals surface area contributed by atoms with Crippen molar-refractivity contribution < 1.29 is 18.0 Å². The Morgan fingerprint density at radius 1 is 0.918 bits per heavy atom. The van der Waals surface area contributed by atoms with Gasteiger partial charge < -0.3 is 10.2 Å². The molecule has 1 aromatic carbocycles. The van der Waals surface area contributed by atoms with Crippen LogP contribution in [0.4, 0.5) is 5.69 Å². The van der Waals surface area contributed by atoms with E-state index in [0.717, 1.165) is 52.5 Å². The predicted molar refractivity (Wildman–Crippen MR) is 198 cm³/mol. The van der Waals surface area contributed by atoms with E-state index in [-0.39, 0.29) is 17.6 Å². The molecule has 1 aliphatic heterocycles. The molecule has 1 aliphatic carbocycles. The lowest BCUT2D eigenvalue weighted by atomic mass is 9.72. The molecule has 2 fully saturated rings. The lowest BCUT2D eigenvalue weighted by Gasteiger charge is -2.39. The van der Waals surface area contributed by atoms with E-state index < -0.39 is 27.9 Å². The van der Waals surface area contributed by atoms with E-state index in [0.29, 0.717) is 10.7 Å². The Kier molecular flexibility index (Phi) is 12.2. The Bertz CT molecular complexity index is 1650. The molecule has 2 aromatic heterocycles. The van der Waals surface area contributed by atoms with Crippen LogP contribution >= 0.6 is 11.3 Å². The summed E-state index contributed by atoms with van der Waals surface area (Å²) in [5.41, 5.74) is 2.53. The quantitative estimate of drug-likeness (QED) is 0.205. The molecule has 2 aliphatic rings. The number of amides is 2. The first kappa shape index (κ1) is 37.0. The molecule has 266 valence electrons. The van der Waals surface area contributed by atoms with Crippen LogP contribution in [0.3, 0.4) is 0 Å². The van der Waals surface area contributed by atoms with E-state index in [1.807, 2.05) is 42.7 Å². The molecule has 49 heavy (non-hydrogen) atoms. The number of piperidine rings is 1. The van der Waals surface area contributed by atoms with Gasteiger partial charge in [-0.25, -0.2) is 18.4 Å². The van der Waals surface area contributed by atoms with Crippen molar-refractivity contribution in [1.29, 1.82) is 0 Å². The highest BCUT2D eigenvalue weighted by Gasteiger charge is 2.31. The highest BCUT2D eigenvalue weighted by molar-refractivity contribution is 7.90. The minimum absolute atomic E-state index is 0.116. The number of benzene rings is 1. The number of hydrogen-bond acceptors (Lipinski definition) is 8. The summed E-state index contributed by atoms with van der Waals surface area (Å²) in [4.78, 5) is 39.6. The van der Waals surface area contributed by atoms with E-state index in [4.69, 9.17) is 0 Å². The number of rotatable bonds is 12. The summed E-state index contributed by atoms with van der Waals surface area (Å²) in [5.74, 6) is 1.86. The van der Waals surface area contributed by atoms with Crippen LogP contribution in [-0.2, 0) is 26.7 Å². The lowest BCUT2D eigenvalue weighted by molar-refractivity contribution is -0.121. The molecule has 3 aromatic rings. The third kappa shape index (κ3) is 9.90. The van der Waals surface area contributed by atoms with Crippen LogP contribution in [0.2, 0.25) is 0 Å². The Morgan fingerprint density at radius 2 is 1.55 bits per heavy atom. The molecule has 5 rings (SSSR count). The molecule has 1 saturated carbocycles. The lowest BCUT2D eigenvalue weighted by Crippen LogP contribution is -2.49. The second-order valence-electron chi connectivity index (χ2n) is 14.9. The zero-order valence-electron chi connectivity index (χ0n) is 29.7. The van der Waals surface area contributed by atoms with Crippen molar-refractivity contribution in [3.8, 4) is 11.4 Å². The molecule has 1 saturated heterocycles. The van der Waals surface area contributed by atoms with Crippen molar-refractivity contribution in [3.05, 3.63) is 64.1 Å². The van der Waals surface area contributed by atoms with Crippen molar-refractivity contribution >= 4 is 38.9 Å². The van der Waals surface area contributed by atoms with Gasteiger partial charge >= 0.3 is 0 Å². The number of nitrogens with one attached hydrogen (secondary N) is 2. The second kappa shape index (κ2) is 16.1. The highest BCUT2D eigenvalue weighted by Crippen LogP contribution is 2.39. The zero-order valence-corrected chi connectivity index (χ0v) is 31.3. The fraction of sp³-hybridized carbons (Fsp3) is 0.579. The Morgan fingerprint density at radius 3 is 2.12 bits per heavy atom. The first-order chi connectivity index (χ1) is 23.3. The Balaban J connectivity index is 1.19. The van der Waals surface area contributed by atoms with Gasteiger partial charge in [0, 0.05) is 30.0 Å². The van der Waals surface area contributed by atoms with E-state index in [1.165, 1.54) is 69.6 Å². The first-order valence-corrected chi connectivity index (χ1v) is 20.4. The molecule has 1 unspecified atom stereocenters. The maximum absolute atomic E-state index is 13.2. The van der Waals surface area contributed by atoms with Gasteiger partial charge in [0.05, 0.1) is 28.7 Å². The van der Waals surface area contributed by atoms with E-state index >= 15 is 0 Å². The molecular weight excluding hydrogens is 655 g/mol. The van der Waals surface area contributed by atoms with Gasteiger partial charge in [-0.1, -0.05) is 77.6 Å². The van der Waals surface area contributed by atoms with E-state index in [1.54, 1.807) is 6.07 Å². The third-order valence-corrected chi connectivity index (χ3v) is 13.1. The zero-order chi connectivity index (χ0) is 35.2. The maximum atomic E-state index is 13.2. The van der Waals surface area contributed by atoms with Crippen LogP contribution in [0, 0.1) is 17.8 Å². The van der Waals surface area contributed by atoms with Crippen LogP contribution in [-0.4, -0.2) is 55.1 Å². The fourth-order valence-corrected chi connectivity index (χ4v) is 8.80. The minimum Gasteiger partial charge on any atom is -0.369 e. The van der Waals surface area contributed by atoms with Crippen LogP contribution in [0.5, 0.6) is 0 Å². The van der Waals surface area contributed by atoms with Crippen LogP contribution in [0.1, 0.15) is 106 Å². The van der Waals surface area contributed by atoms with Gasteiger partial charge in [0.25, 0.3) is 11.8 Å². The summed E-state index contributed by atoms with van der Waals surface area (Å²) < 4.78 is 26.5. The number of hydrogen-bond donors (Lipinski definition) is 2. The molecule has 3 heterocycles. The summed E-state index contributed by atoms with van der Waals surface area (Å²) in [6.07, 6.45) is 14.8. The van der Waals surface area contributed by atoms with Gasteiger partial charge in [-0.3, -0.25) is 14.3 Å². The topological polar surface area (TPSA) is 121 Å². The van der Waals surface area contributed by atoms with Crippen molar-refractivity contribution in [3.63, 3.8) is 0 Å². The largest absolute Gasteiger partial charge is 0.369 e. The SMILES string of the molecule is CCC[C@H]1CC[C@H](C2CCN(c3cnc(-c4ccc(CC(NC(=O)c5ccc(C(C)(C)C)s5)C(=O)NS(=O)(=O)CC)cc4)nc3)CC2)CC1. The van der Waals surface area contributed by atoms with Crippen LogP contribution in [0.15, 0.2) is 48.8 Å². The monoisotopic (exact) mass is 707 g/mol. The molecule has 11 heteroatoms. The van der Waals surface area contributed by atoms with Gasteiger partial charge in [-0.15, -0.1) is 11.3 Å². The Labute approximate surface area is 296 Å². The van der Waals surface area contributed by atoms with E-state index in [9.17, 15) is 18.0 Å². The summed E-state index contributed by atoms with van der Waals surface area (Å²) >= 11 is 1.36. The number of carbonyl (C=O) groups is 2. The van der Waals surface area contributed by atoms with Crippen molar-refractivity contribution in [2.45, 2.75) is 104 Å². The van der Waals surface area contributed by atoms with Crippen molar-refractivity contribution in [2.75, 3.05) is 23.7 Å². The van der Waals surface area contributed by atoms with Gasteiger partial charge in [0.2, 0.25) is 10.0 Å². The number of nitrogens with zero attached hydrogens (tertiary/aromatic N) is 3. The number of sulfonamides is 1. The molecule has 0 spiro atoms. The number of carbonyl (C=O) groups excluding carboxylic acids is 2. The summed E-state index contributed by atoms with van der Waals surface area (Å²) in [7, 11) is -3.81. The molecular formula is C38H53N5O4S2. The highest BCUT2D eigenvalue weighted by atomic mass is 32.2. The average Bonchev–Trinajstić information content (AvgIpc) is 3.61. The average molecular weight is 708 g/mol. The predicted octanol–water partition coefficient (Wildman–Crippen LogP) is 7.13. The molecule has 2 amide bonds. The smallest absolute Gasteiger partial charge is 0.262 e. The normalized spacial score (nSPS) is 19.7. The first-order valence-electron chi connectivity index (χ1n) is 18.0. The van der Waals surface area contributed by atoms with Crippen LogP contribution < -0.4 is 14.9 Å². The third-order valence-electron chi connectivity index (χ3n) is 10.3. The van der Waals surface area contributed by atoms with E-state index in [2.05, 4.69) is 52.6 Å². The summed E-state index contributed by atoms with van der Waals surface area (Å²) in [6.45, 7) is 12.1. The summed E-state index contributed by atoms with van der Waals surface area (Å²) in [5, 5.41) is 2.77. The number of anilines is 1. The molecule has 9 nitrogen and oxygen atoms in total. The Hall–Kier alpha value is -3.31. The van der Waals surface area contributed by atoms with Gasteiger partial charge in [-0.05, 0) is 73.5 Å². The van der Waals surface area contributed by atoms with Gasteiger partial charge in [-0.2, -0.15) is 0 Å². The van der Waals surface area contributed by atoms with Crippen LogP contribution in [0.25, 0.3) is 11.4 Å². The second-order valence-corrected chi connectivity index (χ2v) is 18.0. The standard InChI is InChI=1S/C38H53N5O4S2/c1-6-8-26-9-13-28(14-10-26)29-19-21-43(22-20-29)31-24-39-35(40-25-31)30-15-11-27(12-16-30)23-32(36(44)42-49(46,47)7-2)41-37(45)33-17-18-34(48-33)38(3,4)5/h11-12,15-18,24-26,28-29,32H,6-10,13-14,19-23H2,1-5H3,(H,41,45)(H,42,44)/t26-,28-,32?. The number of thiophene rings is 1. The molecule has 1 atom stereocenters. The number of aromatic nitrogens is 2. The summed E-state index contributed by atoms with van der Waals surface area (Å²) in [6, 6.07) is 10.0. The molecule has 0 radical (unpaired) electrons. The molecule has 0 bridgehead atoms. The molecule has 2 N–H and O–H groups in total.